The highest BCUT2D eigenvalue weighted by molar-refractivity contribution is 7.98. The molecule has 2 heterocycles. The summed E-state index contributed by atoms with van der Waals surface area (Å²) in [7, 11) is -2.23. The molecule has 1 saturated heterocycles. The van der Waals surface area contributed by atoms with Gasteiger partial charge in [0.15, 0.2) is 0 Å². The van der Waals surface area contributed by atoms with Crippen molar-refractivity contribution in [3.63, 3.8) is 0 Å². The normalized spacial score (nSPS) is 14.7. The molecule has 10 heteroatoms. The number of hydrogen-bond acceptors (Lipinski definition) is 6. The number of likely N-dealkylation sites (tertiary alicyclic amines) is 1. The SMILES string of the molecule is CSc1ccc(S(=O)(=O)Nc2ccc3c(c2)sc(=O)n3C)cc1C(=O)N1CCCCC1. The lowest BCUT2D eigenvalue weighted by Crippen LogP contribution is -2.36. The van der Waals surface area contributed by atoms with Gasteiger partial charge < -0.3 is 9.47 Å². The molecule has 1 N–H and O–H groups in total. The number of amides is 1. The molecule has 7 nitrogen and oxygen atoms in total. The van der Waals surface area contributed by atoms with Crippen molar-refractivity contribution in [1.82, 2.24) is 9.47 Å². The van der Waals surface area contributed by atoms with E-state index in [9.17, 15) is 18.0 Å². The number of aryl methyl sites for hydroxylation is 1. The van der Waals surface area contributed by atoms with Gasteiger partial charge in [-0.1, -0.05) is 11.3 Å². The lowest BCUT2D eigenvalue weighted by Gasteiger charge is -2.27. The van der Waals surface area contributed by atoms with Crippen LogP contribution in [0.15, 0.2) is 51.0 Å². The number of anilines is 1. The van der Waals surface area contributed by atoms with Crippen molar-refractivity contribution in [2.45, 2.75) is 29.1 Å². The molecule has 3 aromatic rings. The predicted molar refractivity (Wildman–Crippen MR) is 126 cm³/mol. The van der Waals surface area contributed by atoms with E-state index in [1.54, 1.807) is 36.2 Å². The van der Waals surface area contributed by atoms with Crippen LogP contribution in [-0.4, -0.2) is 43.1 Å². The molecule has 0 saturated carbocycles. The molecule has 0 aliphatic carbocycles. The first-order valence-corrected chi connectivity index (χ1v) is 13.4. The first-order valence-electron chi connectivity index (χ1n) is 9.90. The van der Waals surface area contributed by atoms with Crippen LogP contribution in [-0.2, 0) is 17.1 Å². The van der Waals surface area contributed by atoms with Crippen LogP contribution in [0.5, 0.6) is 0 Å². The Bertz CT molecular complexity index is 1310. The van der Waals surface area contributed by atoms with Crippen LogP contribution in [0.1, 0.15) is 29.6 Å². The quantitative estimate of drug-likeness (QED) is 0.566. The Labute approximate surface area is 189 Å². The summed E-state index contributed by atoms with van der Waals surface area (Å²) in [6.45, 7) is 1.39. The lowest BCUT2D eigenvalue weighted by molar-refractivity contribution is 0.0720. The van der Waals surface area contributed by atoms with Gasteiger partial charge in [-0.3, -0.25) is 14.3 Å². The second-order valence-corrected chi connectivity index (χ2v) is 11.0. The zero-order valence-electron chi connectivity index (χ0n) is 17.3. The van der Waals surface area contributed by atoms with Crippen LogP contribution in [0.25, 0.3) is 10.2 Å². The van der Waals surface area contributed by atoms with Crippen molar-refractivity contribution in [2.75, 3.05) is 24.1 Å². The van der Waals surface area contributed by atoms with Gasteiger partial charge in [0, 0.05) is 25.0 Å². The van der Waals surface area contributed by atoms with E-state index >= 15 is 0 Å². The third-order valence-corrected chi connectivity index (χ3v) is 8.57. The Kier molecular flexibility index (Phi) is 6.14. The number of piperidine rings is 1. The Morgan fingerprint density at radius 2 is 1.84 bits per heavy atom. The number of nitrogens with one attached hydrogen (secondary N) is 1. The van der Waals surface area contributed by atoms with Gasteiger partial charge in [-0.2, -0.15) is 0 Å². The molecule has 0 radical (unpaired) electrons. The van der Waals surface area contributed by atoms with Gasteiger partial charge >= 0.3 is 4.87 Å². The highest BCUT2D eigenvalue weighted by atomic mass is 32.2. The molecule has 0 spiro atoms. The molecule has 4 rings (SSSR count). The fourth-order valence-corrected chi connectivity index (χ4v) is 6.26. The molecule has 1 aliphatic heterocycles. The third-order valence-electron chi connectivity index (χ3n) is 5.40. The van der Waals surface area contributed by atoms with Crippen LogP contribution < -0.4 is 9.60 Å². The molecule has 1 aliphatic rings. The fourth-order valence-electron chi connectivity index (χ4n) is 3.70. The molecule has 1 aromatic heterocycles. The summed E-state index contributed by atoms with van der Waals surface area (Å²) < 4.78 is 30.9. The molecule has 0 bridgehead atoms. The van der Waals surface area contributed by atoms with Crippen LogP contribution in [0.2, 0.25) is 0 Å². The van der Waals surface area contributed by atoms with Gasteiger partial charge in [0.05, 0.1) is 26.4 Å². The zero-order valence-corrected chi connectivity index (χ0v) is 19.7. The van der Waals surface area contributed by atoms with Crippen molar-refractivity contribution in [2.24, 2.45) is 7.05 Å². The minimum atomic E-state index is -3.91. The van der Waals surface area contributed by atoms with E-state index in [-0.39, 0.29) is 15.7 Å². The van der Waals surface area contributed by atoms with Gasteiger partial charge in [-0.15, -0.1) is 11.8 Å². The number of carbonyl (C=O) groups is 1. The minimum Gasteiger partial charge on any atom is -0.339 e. The van der Waals surface area contributed by atoms with Gasteiger partial charge in [0.25, 0.3) is 15.9 Å². The minimum absolute atomic E-state index is 0.0343. The number of benzene rings is 2. The summed E-state index contributed by atoms with van der Waals surface area (Å²) in [6.07, 6.45) is 4.91. The average Bonchev–Trinajstić information content (AvgIpc) is 3.06. The maximum atomic E-state index is 13.1. The van der Waals surface area contributed by atoms with Gasteiger partial charge in [0.1, 0.15) is 0 Å². The average molecular weight is 478 g/mol. The maximum Gasteiger partial charge on any atom is 0.307 e. The number of rotatable bonds is 5. The van der Waals surface area contributed by atoms with Crippen LogP contribution >= 0.6 is 23.1 Å². The third kappa shape index (κ3) is 4.37. The summed E-state index contributed by atoms with van der Waals surface area (Å²) in [5.41, 5.74) is 1.53. The topological polar surface area (TPSA) is 88.5 Å². The Morgan fingerprint density at radius 3 is 2.55 bits per heavy atom. The van der Waals surface area contributed by atoms with Crippen molar-refractivity contribution in [3.05, 3.63) is 51.6 Å². The fraction of sp³-hybridized carbons (Fsp3) is 0.333. The molecule has 164 valence electrons. The molecule has 31 heavy (non-hydrogen) atoms. The summed E-state index contributed by atoms with van der Waals surface area (Å²) in [5, 5.41) is 0. The van der Waals surface area contributed by atoms with E-state index in [0.29, 0.717) is 29.0 Å². The molecule has 0 unspecified atom stereocenters. The number of sulfonamides is 1. The summed E-state index contributed by atoms with van der Waals surface area (Å²) in [6, 6.07) is 9.65. The zero-order chi connectivity index (χ0) is 22.2. The number of fused-ring (bicyclic) bond motifs is 1. The number of hydrogen-bond donors (Lipinski definition) is 1. The molecule has 2 aromatic carbocycles. The number of thiazole rings is 1. The second kappa shape index (κ2) is 8.68. The van der Waals surface area contributed by atoms with E-state index in [1.807, 2.05) is 6.26 Å². The molecule has 1 fully saturated rings. The first kappa shape index (κ1) is 21.9. The van der Waals surface area contributed by atoms with E-state index in [2.05, 4.69) is 4.72 Å². The number of nitrogens with zero attached hydrogens (tertiary/aromatic N) is 2. The monoisotopic (exact) mass is 477 g/mol. The number of aromatic nitrogens is 1. The van der Waals surface area contributed by atoms with E-state index in [4.69, 9.17) is 0 Å². The van der Waals surface area contributed by atoms with Crippen molar-refractivity contribution < 1.29 is 13.2 Å². The van der Waals surface area contributed by atoms with Crippen LogP contribution in [0.3, 0.4) is 0 Å². The van der Waals surface area contributed by atoms with E-state index in [1.165, 1.54) is 28.5 Å². The predicted octanol–water partition coefficient (Wildman–Crippen LogP) is 3.75. The Hall–Kier alpha value is -2.30. The summed E-state index contributed by atoms with van der Waals surface area (Å²) >= 11 is 2.48. The van der Waals surface area contributed by atoms with E-state index < -0.39 is 10.0 Å². The first-order chi connectivity index (χ1) is 14.8. The molecule has 0 atom stereocenters. The van der Waals surface area contributed by atoms with Crippen LogP contribution in [0.4, 0.5) is 5.69 Å². The highest BCUT2D eigenvalue weighted by Crippen LogP contribution is 2.28. The van der Waals surface area contributed by atoms with Gasteiger partial charge in [-0.25, -0.2) is 8.42 Å². The largest absolute Gasteiger partial charge is 0.339 e. The standard InChI is InChI=1S/C21H23N3O4S3/c1-23-17-8-6-14(12-19(17)30-21(23)26)22-31(27,28)15-7-9-18(29-2)16(13-15)20(25)24-10-4-3-5-11-24/h6-9,12-13,22H,3-5,10-11H2,1-2H3. The second-order valence-electron chi connectivity index (χ2n) is 7.43. The number of thioether (sulfide) groups is 1. The van der Waals surface area contributed by atoms with Crippen molar-refractivity contribution >= 4 is 54.9 Å². The summed E-state index contributed by atoms with van der Waals surface area (Å²) in [5.74, 6) is -0.128. The van der Waals surface area contributed by atoms with Gasteiger partial charge in [0.2, 0.25) is 0 Å². The number of carbonyl (C=O) groups excluding carboxylic acids is 1. The molecular weight excluding hydrogens is 454 g/mol. The highest BCUT2D eigenvalue weighted by Gasteiger charge is 2.24. The Morgan fingerprint density at radius 1 is 1.10 bits per heavy atom. The van der Waals surface area contributed by atoms with Crippen molar-refractivity contribution in [3.8, 4) is 0 Å². The lowest BCUT2D eigenvalue weighted by atomic mass is 10.1. The van der Waals surface area contributed by atoms with Crippen molar-refractivity contribution in [1.29, 1.82) is 0 Å². The van der Waals surface area contributed by atoms with E-state index in [0.717, 1.165) is 41.0 Å². The summed E-state index contributed by atoms with van der Waals surface area (Å²) in [4.78, 5) is 27.4. The van der Waals surface area contributed by atoms with Gasteiger partial charge in [-0.05, 0) is 61.9 Å². The Balaban J connectivity index is 1.66. The smallest absolute Gasteiger partial charge is 0.307 e. The molecule has 1 amide bonds. The maximum absolute atomic E-state index is 13.1. The molecular formula is C21H23N3O4S3. The van der Waals surface area contributed by atoms with Crippen LogP contribution in [0, 0.1) is 0 Å².